The first-order chi connectivity index (χ1) is 8.17. The van der Waals surface area contributed by atoms with Gasteiger partial charge in [0, 0.05) is 17.3 Å². The maximum atomic E-state index is 12.3. The SMILES string of the molecule is FC(F)(F)SC#Cc1ccc(S(F)(F)(F)(F)F)cc1. The van der Waals surface area contributed by atoms with Gasteiger partial charge in [0.1, 0.15) is 4.90 Å². The maximum absolute atomic E-state index is 12.3. The standard InChI is InChI=1S/C9H4F8S2/c10-9(11,12)18-6-5-7-1-3-8(4-2-7)19(13,14,15,16)17/h1-4H. The number of hydrogen-bond donors (Lipinski definition) is 0. The Morgan fingerprint density at radius 1 is 0.895 bits per heavy atom. The van der Waals surface area contributed by atoms with E-state index in [-0.39, 0.29) is 17.7 Å². The maximum Gasteiger partial charge on any atom is 0.453 e. The fraction of sp³-hybridized carbons (Fsp3) is 0.111. The molecule has 0 N–H and O–H groups in total. The molecule has 108 valence electrons. The second-order valence-electron chi connectivity index (χ2n) is 3.27. The van der Waals surface area contributed by atoms with Gasteiger partial charge in [-0.3, -0.25) is 0 Å². The first-order valence-electron chi connectivity index (χ1n) is 4.27. The van der Waals surface area contributed by atoms with Crippen LogP contribution in [0.3, 0.4) is 0 Å². The van der Waals surface area contributed by atoms with Crippen LogP contribution >= 0.6 is 22.0 Å². The van der Waals surface area contributed by atoms with Gasteiger partial charge in [0.25, 0.3) is 0 Å². The van der Waals surface area contributed by atoms with Crippen LogP contribution < -0.4 is 0 Å². The molecule has 0 amide bonds. The van der Waals surface area contributed by atoms with E-state index in [1.54, 1.807) is 5.25 Å². The highest BCUT2D eigenvalue weighted by atomic mass is 32.5. The van der Waals surface area contributed by atoms with Crippen LogP contribution in [0.5, 0.6) is 0 Å². The lowest BCUT2D eigenvalue weighted by Crippen LogP contribution is -2.05. The normalized spacial score (nSPS) is 16.0. The van der Waals surface area contributed by atoms with Gasteiger partial charge >= 0.3 is 15.7 Å². The van der Waals surface area contributed by atoms with E-state index in [4.69, 9.17) is 0 Å². The third-order valence-electron chi connectivity index (χ3n) is 1.66. The van der Waals surface area contributed by atoms with E-state index in [0.717, 1.165) is 0 Å². The summed E-state index contributed by atoms with van der Waals surface area (Å²) in [4.78, 5) is -2.12. The molecular weight excluding hydrogens is 324 g/mol. The highest BCUT2D eigenvalue weighted by Gasteiger charge is 2.65. The van der Waals surface area contributed by atoms with Crippen LogP contribution in [0.4, 0.5) is 32.6 Å². The van der Waals surface area contributed by atoms with E-state index in [1.165, 1.54) is 0 Å². The van der Waals surface area contributed by atoms with Gasteiger partial charge in [0.05, 0.1) is 0 Å². The summed E-state index contributed by atoms with van der Waals surface area (Å²) in [5.41, 5.74) is -4.83. The minimum atomic E-state index is -9.75. The van der Waals surface area contributed by atoms with Crippen molar-refractivity contribution < 1.29 is 32.6 Å². The fourth-order valence-corrected chi connectivity index (χ4v) is 1.87. The molecule has 0 nitrogen and oxygen atoms in total. The summed E-state index contributed by atoms with van der Waals surface area (Å²) in [6.07, 6.45) is 0. The number of hydrogen-bond acceptors (Lipinski definition) is 1. The minimum absolute atomic E-state index is 0.0871. The lowest BCUT2D eigenvalue weighted by Gasteiger charge is -2.40. The van der Waals surface area contributed by atoms with E-state index in [0.29, 0.717) is 12.1 Å². The van der Waals surface area contributed by atoms with Crippen molar-refractivity contribution in [3.63, 3.8) is 0 Å². The van der Waals surface area contributed by atoms with Gasteiger partial charge in [-0.2, -0.15) is 13.2 Å². The molecule has 1 aromatic rings. The summed E-state index contributed by atoms with van der Waals surface area (Å²) in [5.74, 6) is 1.90. The van der Waals surface area contributed by atoms with Crippen LogP contribution in [0, 0.1) is 11.2 Å². The highest BCUT2D eigenvalue weighted by molar-refractivity contribution is 8.45. The van der Waals surface area contributed by atoms with E-state index in [1.807, 2.05) is 5.92 Å². The minimum Gasteiger partial charge on any atom is -0.160 e. The van der Waals surface area contributed by atoms with Crippen molar-refractivity contribution in [2.75, 3.05) is 0 Å². The van der Waals surface area contributed by atoms with Crippen LogP contribution in [0.15, 0.2) is 29.2 Å². The molecule has 0 unspecified atom stereocenters. The van der Waals surface area contributed by atoms with Gasteiger partial charge < -0.3 is 0 Å². The van der Waals surface area contributed by atoms with Crippen LogP contribution in [0.2, 0.25) is 0 Å². The molecule has 0 spiro atoms. The highest BCUT2D eigenvalue weighted by Crippen LogP contribution is 3.02. The van der Waals surface area contributed by atoms with E-state index in [2.05, 4.69) is 0 Å². The molecule has 19 heavy (non-hydrogen) atoms. The predicted octanol–water partition coefficient (Wildman–Crippen LogP) is 5.91. The smallest absolute Gasteiger partial charge is 0.160 e. The molecule has 10 heteroatoms. The molecule has 1 aromatic carbocycles. The van der Waals surface area contributed by atoms with E-state index < -0.39 is 32.4 Å². The van der Waals surface area contributed by atoms with Crippen LogP contribution in [0.1, 0.15) is 5.56 Å². The topological polar surface area (TPSA) is 0 Å². The average molecular weight is 328 g/mol. The van der Waals surface area contributed by atoms with Crippen molar-refractivity contribution >= 4 is 22.0 Å². The summed E-state index contributed by atoms with van der Waals surface area (Å²) in [5, 5.41) is 1.60. The second-order valence-corrected chi connectivity index (χ2v) is 6.55. The van der Waals surface area contributed by atoms with Crippen molar-refractivity contribution in [3.8, 4) is 11.2 Å². The molecule has 1 rings (SSSR count). The van der Waals surface area contributed by atoms with Crippen molar-refractivity contribution in [1.82, 2.24) is 0 Å². The van der Waals surface area contributed by atoms with Crippen molar-refractivity contribution in [2.45, 2.75) is 10.4 Å². The molecule has 0 aliphatic heterocycles. The number of alkyl halides is 3. The number of benzene rings is 1. The van der Waals surface area contributed by atoms with Crippen molar-refractivity contribution in [2.24, 2.45) is 0 Å². The first-order valence-corrected chi connectivity index (χ1v) is 7.04. The third kappa shape index (κ3) is 5.61. The molecule has 0 heterocycles. The Morgan fingerprint density at radius 2 is 1.37 bits per heavy atom. The fourth-order valence-electron chi connectivity index (χ4n) is 0.938. The summed E-state index contributed by atoms with van der Waals surface area (Å²) in [6, 6.07) is 1.34. The molecule has 0 fully saturated rings. The monoisotopic (exact) mass is 328 g/mol. The Morgan fingerprint density at radius 3 is 1.74 bits per heavy atom. The Hall–Kier alpha value is -1.08. The first kappa shape index (κ1) is 16.0. The molecule has 0 radical (unpaired) electrons. The molecule has 0 saturated carbocycles. The Balaban J connectivity index is 2.97. The lowest BCUT2D eigenvalue weighted by molar-refractivity contribution is -0.0318. The summed E-state index contributed by atoms with van der Waals surface area (Å²) in [6.45, 7) is 0. The van der Waals surface area contributed by atoms with Crippen molar-refractivity contribution in [1.29, 1.82) is 0 Å². The van der Waals surface area contributed by atoms with Crippen LogP contribution in [-0.2, 0) is 0 Å². The summed E-state index contributed by atoms with van der Waals surface area (Å²) in [7, 11) is -9.75. The molecule has 0 aromatic heterocycles. The average Bonchev–Trinajstić information content (AvgIpc) is 2.12. The molecule has 0 saturated heterocycles. The van der Waals surface area contributed by atoms with Gasteiger partial charge in [0.2, 0.25) is 0 Å². The summed E-state index contributed by atoms with van der Waals surface area (Å²) >= 11 is -0.687. The van der Waals surface area contributed by atoms with E-state index >= 15 is 0 Å². The molecular formula is C9H4F8S2. The van der Waals surface area contributed by atoms with Gasteiger partial charge in [-0.15, -0.1) is 0 Å². The number of rotatable bonds is 1. The Kier molecular flexibility index (Phi) is 3.33. The van der Waals surface area contributed by atoms with Crippen molar-refractivity contribution in [3.05, 3.63) is 29.8 Å². The largest absolute Gasteiger partial charge is 0.453 e. The van der Waals surface area contributed by atoms with Crippen LogP contribution in [0.25, 0.3) is 0 Å². The zero-order valence-corrected chi connectivity index (χ0v) is 10.3. The quantitative estimate of drug-likeness (QED) is 0.456. The Bertz CT molecular complexity index is 528. The molecule has 0 atom stereocenters. The zero-order valence-electron chi connectivity index (χ0n) is 8.65. The predicted molar refractivity (Wildman–Crippen MR) is 58.4 cm³/mol. The molecule has 0 aliphatic rings. The van der Waals surface area contributed by atoms with Crippen LogP contribution in [-0.4, -0.2) is 5.51 Å². The van der Waals surface area contributed by atoms with Gasteiger partial charge in [0.15, 0.2) is 0 Å². The lowest BCUT2D eigenvalue weighted by atomic mass is 10.2. The van der Waals surface area contributed by atoms with E-state index in [9.17, 15) is 32.6 Å². The van der Waals surface area contributed by atoms with Gasteiger partial charge in [-0.25, -0.2) is 0 Å². The van der Waals surface area contributed by atoms with Gasteiger partial charge in [-0.1, -0.05) is 25.3 Å². The summed E-state index contributed by atoms with van der Waals surface area (Å²) < 4.78 is 96.6. The molecule has 0 bridgehead atoms. The van der Waals surface area contributed by atoms with Gasteiger partial charge in [-0.05, 0) is 29.5 Å². The Labute approximate surface area is 106 Å². The zero-order chi connectivity index (χ0) is 15.0. The number of halogens is 8. The molecule has 0 aliphatic carbocycles. The second kappa shape index (κ2) is 3.96. The number of thioether (sulfide) groups is 1. The third-order valence-corrected chi connectivity index (χ3v) is 3.26.